The fourth-order valence-electron chi connectivity index (χ4n) is 2.09. The van der Waals surface area contributed by atoms with Gasteiger partial charge >= 0.3 is 11.7 Å². The van der Waals surface area contributed by atoms with Crippen LogP contribution in [0.5, 0.6) is 0 Å². The van der Waals surface area contributed by atoms with Crippen LogP contribution in [0.4, 0.5) is 0 Å². The number of hydrogen-bond donors (Lipinski definition) is 2. The van der Waals surface area contributed by atoms with Gasteiger partial charge in [0, 0.05) is 30.0 Å². The first-order valence-corrected chi connectivity index (χ1v) is 6.83. The number of rotatable bonds is 6. The summed E-state index contributed by atoms with van der Waals surface area (Å²) in [5.41, 5.74) is 1.38. The van der Waals surface area contributed by atoms with Gasteiger partial charge in [0.25, 0.3) is 0 Å². The molecular weight excluding hydrogens is 274 g/mol. The van der Waals surface area contributed by atoms with Crippen molar-refractivity contribution < 1.29 is 14.7 Å². The van der Waals surface area contributed by atoms with Gasteiger partial charge in [0.1, 0.15) is 0 Å². The van der Waals surface area contributed by atoms with Crippen LogP contribution in [0, 0.1) is 19.8 Å². The average Bonchev–Trinajstić information content (AvgIpc) is 2.39. The SMILES string of the molecule is CCN(CC(C)C(=O)O)C(=O)Cc1c(C)nc(=O)[nH]c1C. The number of aromatic nitrogens is 2. The van der Waals surface area contributed by atoms with Crippen LogP contribution in [-0.4, -0.2) is 44.9 Å². The summed E-state index contributed by atoms with van der Waals surface area (Å²) in [5.74, 6) is -1.73. The molecule has 7 nitrogen and oxygen atoms in total. The highest BCUT2D eigenvalue weighted by Crippen LogP contribution is 2.10. The van der Waals surface area contributed by atoms with Crippen LogP contribution >= 0.6 is 0 Å². The predicted molar refractivity (Wildman–Crippen MR) is 77.1 cm³/mol. The lowest BCUT2D eigenvalue weighted by Crippen LogP contribution is -2.38. The minimum absolute atomic E-state index is 0.0988. The Kier molecular flexibility index (Phi) is 5.63. The van der Waals surface area contributed by atoms with Gasteiger partial charge in [-0.05, 0) is 20.8 Å². The molecule has 1 heterocycles. The van der Waals surface area contributed by atoms with Crippen LogP contribution in [-0.2, 0) is 16.0 Å². The number of aromatic amines is 1. The highest BCUT2D eigenvalue weighted by molar-refractivity contribution is 5.80. The Labute approximate surface area is 123 Å². The van der Waals surface area contributed by atoms with Gasteiger partial charge in [-0.2, -0.15) is 4.98 Å². The van der Waals surface area contributed by atoms with Crippen molar-refractivity contribution in [2.24, 2.45) is 5.92 Å². The summed E-state index contributed by atoms with van der Waals surface area (Å²) in [5, 5.41) is 8.93. The molecule has 1 aromatic rings. The molecule has 0 fully saturated rings. The van der Waals surface area contributed by atoms with E-state index in [1.54, 1.807) is 27.7 Å². The van der Waals surface area contributed by atoms with E-state index in [2.05, 4.69) is 9.97 Å². The molecule has 0 saturated carbocycles. The highest BCUT2D eigenvalue weighted by Gasteiger charge is 2.21. The van der Waals surface area contributed by atoms with E-state index in [1.165, 1.54) is 4.90 Å². The fraction of sp³-hybridized carbons (Fsp3) is 0.571. The van der Waals surface area contributed by atoms with E-state index in [4.69, 9.17) is 5.11 Å². The van der Waals surface area contributed by atoms with Crippen molar-refractivity contribution in [3.8, 4) is 0 Å². The van der Waals surface area contributed by atoms with Crippen LogP contribution in [0.3, 0.4) is 0 Å². The lowest BCUT2D eigenvalue weighted by molar-refractivity contribution is -0.142. The number of aliphatic carboxylic acids is 1. The number of nitrogens with zero attached hydrogens (tertiary/aromatic N) is 2. The standard InChI is InChI=1S/C14H21N3O4/c1-5-17(7-8(2)13(19)20)12(18)6-11-9(3)15-14(21)16-10(11)4/h8H,5-7H2,1-4H3,(H,19,20)(H,15,16,21). The smallest absolute Gasteiger partial charge is 0.345 e. The maximum Gasteiger partial charge on any atom is 0.345 e. The van der Waals surface area contributed by atoms with Crippen molar-refractivity contribution in [3.05, 3.63) is 27.4 Å². The molecule has 0 aliphatic heterocycles. The summed E-state index contributed by atoms with van der Waals surface area (Å²) in [7, 11) is 0. The molecule has 1 aromatic heterocycles. The highest BCUT2D eigenvalue weighted by atomic mass is 16.4. The van der Waals surface area contributed by atoms with Crippen LogP contribution < -0.4 is 5.69 Å². The molecule has 2 N–H and O–H groups in total. The zero-order valence-corrected chi connectivity index (χ0v) is 12.8. The van der Waals surface area contributed by atoms with E-state index in [-0.39, 0.29) is 18.9 Å². The average molecular weight is 295 g/mol. The van der Waals surface area contributed by atoms with E-state index in [9.17, 15) is 14.4 Å². The minimum Gasteiger partial charge on any atom is -0.481 e. The number of likely N-dealkylation sites (N-methyl/N-ethyl adjacent to an activating group) is 1. The number of carboxylic acids is 1. The Morgan fingerprint density at radius 3 is 2.48 bits per heavy atom. The fourth-order valence-corrected chi connectivity index (χ4v) is 2.09. The molecule has 0 radical (unpaired) electrons. The van der Waals surface area contributed by atoms with Crippen molar-refractivity contribution in [2.45, 2.75) is 34.1 Å². The number of carbonyl (C=O) groups is 2. The third kappa shape index (κ3) is 4.40. The lowest BCUT2D eigenvalue weighted by atomic mass is 10.1. The molecule has 1 atom stereocenters. The van der Waals surface area contributed by atoms with E-state index < -0.39 is 17.6 Å². The van der Waals surface area contributed by atoms with Crippen LogP contribution in [0.1, 0.15) is 30.8 Å². The number of carboxylic acid groups (broad SMARTS) is 1. The van der Waals surface area contributed by atoms with Crippen molar-refractivity contribution in [3.63, 3.8) is 0 Å². The van der Waals surface area contributed by atoms with Crippen molar-refractivity contribution in [1.82, 2.24) is 14.9 Å². The van der Waals surface area contributed by atoms with Gasteiger partial charge in [-0.25, -0.2) is 4.79 Å². The van der Waals surface area contributed by atoms with Gasteiger partial charge in [-0.3, -0.25) is 9.59 Å². The van der Waals surface area contributed by atoms with E-state index in [1.807, 2.05) is 0 Å². The summed E-state index contributed by atoms with van der Waals surface area (Å²) in [4.78, 5) is 42.3. The Morgan fingerprint density at radius 2 is 2.00 bits per heavy atom. The van der Waals surface area contributed by atoms with Crippen LogP contribution in [0.25, 0.3) is 0 Å². The second-order valence-corrected chi connectivity index (χ2v) is 5.08. The molecule has 0 aromatic carbocycles. The largest absolute Gasteiger partial charge is 0.481 e. The summed E-state index contributed by atoms with van der Waals surface area (Å²) in [6.45, 7) is 7.37. The minimum atomic E-state index is -0.931. The van der Waals surface area contributed by atoms with Gasteiger partial charge in [0.15, 0.2) is 0 Å². The molecule has 21 heavy (non-hydrogen) atoms. The van der Waals surface area contributed by atoms with Crippen molar-refractivity contribution in [1.29, 1.82) is 0 Å². The van der Waals surface area contributed by atoms with E-state index in [0.29, 0.717) is 23.5 Å². The van der Waals surface area contributed by atoms with E-state index in [0.717, 1.165) is 0 Å². The Balaban J connectivity index is 2.89. The first-order chi connectivity index (χ1) is 9.76. The van der Waals surface area contributed by atoms with Gasteiger partial charge < -0.3 is 15.0 Å². The number of H-pyrrole nitrogens is 1. The summed E-state index contributed by atoms with van der Waals surface area (Å²) < 4.78 is 0. The summed E-state index contributed by atoms with van der Waals surface area (Å²) in [6.07, 6.45) is 0.0988. The molecule has 1 amide bonds. The maximum absolute atomic E-state index is 12.3. The Morgan fingerprint density at radius 1 is 1.38 bits per heavy atom. The monoisotopic (exact) mass is 295 g/mol. The van der Waals surface area contributed by atoms with Crippen LogP contribution in [0.15, 0.2) is 4.79 Å². The number of aryl methyl sites for hydroxylation is 2. The molecule has 116 valence electrons. The van der Waals surface area contributed by atoms with E-state index >= 15 is 0 Å². The normalized spacial score (nSPS) is 12.0. The molecule has 0 saturated heterocycles. The first kappa shape index (κ1) is 16.9. The van der Waals surface area contributed by atoms with Crippen molar-refractivity contribution >= 4 is 11.9 Å². The van der Waals surface area contributed by atoms with Gasteiger partial charge in [0.2, 0.25) is 5.91 Å². The number of hydrogen-bond acceptors (Lipinski definition) is 4. The summed E-state index contributed by atoms with van der Waals surface area (Å²) >= 11 is 0. The van der Waals surface area contributed by atoms with Crippen LogP contribution in [0.2, 0.25) is 0 Å². The second-order valence-electron chi connectivity index (χ2n) is 5.08. The third-order valence-corrected chi connectivity index (χ3v) is 3.43. The molecule has 0 bridgehead atoms. The summed E-state index contributed by atoms with van der Waals surface area (Å²) in [6, 6.07) is 0. The lowest BCUT2D eigenvalue weighted by Gasteiger charge is -2.23. The van der Waals surface area contributed by atoms with Gasteiger partial charge in [0.05, 0.1) is 12.3 Å². The predicted octanol–water partition coefficient (Wildman–Crippen LogP) is 0.498. The quantitative estimate of drug-likeness (QED) is 0.795. The molecule has 0 spiro atoms. The Hall–Kier alpha value is -2.18. The molecule has 0 aliphatic rings. The molecule has 1 rings (SSSR count). The van der Waals surface area contributed by atoms with Crippen molar-refractivity contribution in [2.75, 3.05) is 13.1 Å². The molecule has 0 aliphatic carbocycles. The number of amides is 1. The zero-order valence-electron chi connectivity index (χ0n) is 12.8. The van der Waals surface area contributed by atoms with Gasteiger partial charge in [-0.1, -0.05) is 6.92 Å². The maximum atomic E-state index is 12.3. The zero-order chi connectivity index (χ0) is 16.2. The third-order valence-electron chi connectivity index (χ3n) is 3.43. The molecular formula is C14H21N3O4. The first-order valence-electron chi connectivity index (χ1n) is 6.83. The number of nitrogens with one attached hydrogen (secondary N) is 1. The Bertz CT molecular complexity index is 568. The van der Waals surface area contributed by atoms with Gasteiger partial charge in [-0.15, -0.1) is 0 Å². The number of carbonyl (C=O) groups excluding carboxylic acids is 1. The molecule has 1 unspecified atom stereocenters. The second kappa shape index (κ2) is 7.01. The molecule has 7 heteroatoms. The topological polar surface area (TPSA) is 103 Å².